The number of hydrogen-bond donors (Lipinski definition) is 2. The van der Waals surface area contributed by atoms with Gasteiger partial charge in [-0.2, -0.15) is 13.2 Å². The summed E-state index contributed by atoms with van der Waals surface area (Å²) in [6.07, 6.45) is -7.15. The van der Waals surface area contributed by atoms with E-state index in [2.05, 4.69) is 19.2 Å². The minimum atomic E-state index is -4.67. The Labute approximate surface area is 123 Å². The van der Waals surface area contributed by atoms with E-state index in [1.807, 2.05) is 6.07 Å². The van der Waals surface area contributed by atoms with E-state index in [0.29, 0.717) is 18.2 Å². The zero-order chi connectivity index (χ0) is 16.0. The molecule has 0 aliphatic rings. The highest BCUT2D eigenvalue weighted by Gasteiger charge is 2.38. The van der Waals surface area contributed by atoms with E-state index in [1.54, 1.807) is 19.1 Å². The average molecular weight is 305 g/mol. The van der Waals surface area contributed by atoms with Crippen molar-refractivity contribution in [3.05, 3.63) is 29.3 Å². The number of para-hydroxylation sites is 1. The van der Waals surface area contributed by atoms with Gasteiger partial charge in [-0.05, 0) is 24.9 Å². The summed E-state index contributed by atoms with van der Waals surface area (Å²) in [6, 6.07) is 5.39. The summed E-state index contributed by atoms with van der Waals surface area (Å²) in [5.74, 6) is 0.878. The number of ether oxygens (including phenoxy) is 1. The van der Waals surface area contributed by atoms with Crippen LogP contribution in [0.3, 0.4) is 0 Å². The van der Waals surface area contributed by atoms with Crippen molar-refractivity contribution in [2.45, 2.75) is 39.6 Å². The Hall–Kier alpha value is -1.27. The fraction of sp³-hybridized carbons (Fsp3) is 0.600. The van der Waals surface area contributed by atoms with E-state index < -0.39 is 18.9 Å². The molecule has 1 unspecified atom stereocenters. The topological polar surface area (TPSA) is 41.5 Å². The van der Waals surface area contributed by atoms with Gasteiger partial charge in [0.1, 0.15) is 12.4 Å². The van der Waals surface area contributed by atoms with E-state index >= 15 is 0 Å². The number of nitrogens with one attached hydrogen (secondary N) is 1. The van der Waals surface area contributed by atoms with Gasteiger partial charge < -0.3 is 15.2 Å². The van der Waals surface area contributed by atoms with Crippen molar-refractivity contribution >= 4 is 0 Å². The lowest BCUT2D eigenvalue weighted by molar-refractivity contribution is -0.210. The van der Waals surface area contributed by atoms with Gasteiger partial charge in [-0.25, -0.2) is 0 Å². The van der Waals surface area contributed by atoms with Gasteiger partial charge in [0.2, 0.25) is 0 Å². The molecule has 0 heterocycles. The molecule has 0 bridgehead atoms. The number of hydrogen-bond acceptors (Lipinski definition) is 3. The van der Waals surface area contributed by atoms with Gasteiger partial charge in [-0.3, -0.25) is 0 Å². The molecular formula is C15H22F3NO2. The lowest BCUT2D eigenvalue weighted by Crippen LogP contribution is -2.34. The molecule has 1 atom stereocenters. The van der Waals surface area contributed by atoms with Crippen LogP contribution in [0, 0.1) is 12.8 Å². The first-order valence-electron chi connectivity index (χ1n) is 6.88. The van der Waals surface area contributed by atoms with Crippen LogP contribution in [0.4, 0.5) is 13.2 Å². The standard InChI is InChI=1S/C15H22F3NO2/c1-10(2)7-19-8-12-6-4-5-11(3)14(12)21-9-13(20)15(16,17)18/h4-6,10,13,19-20H,7-9H2,1-3H3. The second-order valence-electron chi connectivity index (χ2n) is 5.46. The maximum Gasteiger partial charge on any atom is 0.417 e. The summed E-state index contributed by atoms with van der Waals surface area (Å²) in [6.45, 7) is 6.42. The zero-order valence-corrected chi connectivity index (χ0v) is 12.5. The molecule has 0 saturated carbocycles. The highest BCUT2D eigenvalue weighted by atomic mass is 19.4. The fourth-order valence-electron chi connectivity index (χ4n) is 1.81. The minimum Gasteiger partial charge on any atom is -0.490 e. The van der Waals surface area contributed by atoms with Crippen molar-refractivity contribution < 1.29 is 23.0 Å². The SMILES string of the molecule is Cc1cccc(CNCC(C)C)c1OCC(O)C(F)(F)F. The average Bonchev–Trinajstić information content (AvgIpc) is 2.36. The van der Waals surface area contributed by atoms with E-state index in [9.17, 15) is 13.2 Å². The number of aryl methyl sites for hydroxylation is 1. The Morgan fingerprint density at radius 1 is 1.29 bits per heavy atom. The summed E-state index contributed by atoms with van der Waals surface area (Å²) in [5.41, 5.74) is 1.53. The lowest BCUT2D eigenvalue weighted by atomic mass is 10.1. The van der Waals surface area contributed by atoms with Crippen molar-refractivity contribution in [2.75, 3.05) is 13.2 Å². The Morgan fingerprint density at radius 3 is 2.52 bits per heavy atom. The van der Waals surface area contributed by atoms with Crippen LogP contribution in [-0.4, -0.2) is 30.5 Å². The van der Waals surface area contributed by atoms with Crippen LogP contribution in [0.15, 0.2) is 18.2 Å². The summed E-state index contributed by atoms with van der Waals surface area (Å²) < 4.78 is 42.1. The fourth-order valence-corrected chi connectivity index (χ4v) is 1.81. The van der Waals surface area contributed by atoms with Gasteiger partial charge in [0, 0.05) is 12.1 Å². The minimum absolute atomic E-state index is 0.400. The third-order valence-electron chi connectivity index (χ3n) is 2.92. The molecule has 3 nitrogen and oxygen atoms in total. The van der Waals surface area contributed by atoms with Crippen molar-refractivity contribution in [1.29, 1.82) is 0 Å². The third-order valence-corrected chi connectivity index (χ3v) is 2.92. The predicted octanol–water partition coefficient (Wildman–Crippen LogP) is 3.04. The zero-order valence-electron chi connectivity index (χ0n) is 12.5. The molecule has 2 N–H and O–H groups in total. The summed E-state index contributed by atoms with van der Waals surface area (Å²) in [4.78, 5) is 0. The highest BCUT2D eigenvalue weighted by molar-refractivity contribution is 5.40. The van der Waals surface area contributed by atoms with Crippen LogP contribution in [-0.2, 0) is 6.54 Å². The largest absolute Gasteiger partial charge is 0.490 e. The molecule has 0 aromatic heterocycles. The van der Waals surface area contributed by atoms with E-state index in [4.69, 9.17) is 9.84 Å². The molecule has 6 heteroatoms. The molecule has 0 aliphatic heterocycles. The van der Waals surface area contributed by atoms with Crippen LogP contribution in [0.25, 0.3) is 0 Å². The molecule has 21 heavy (non-hydrogen) atoms. The molecule has 1 aromatic rings. The number of aliphatic hydroxyl groups excluding tert-OH is 1. The molecule has 0 fully saturated rings. The molecule has 1 aromatic carbocycles. The highest BCUT2D eigenvalue weighted by Crippen LogP contribution is 2.26. The monoisotopic (exact) mass is 305 g/mol. The first kappa shape index (κ1) is 17.8. The Morgan fingerprint density at radius 2 is 1.95 bits per heavy atom. The normalized spacial score (nSPS) is 13.5. The first-order valence-corrected chi connectivity index (χ1v) is 6.88. The Bertz CT molecular complexity index is 447. The number of rotatable bonds is 7. The summed E-state index contributed by atoms with van der Waals surface area (Å²) in [5, 5.41) is 12.2. The third kappa shape index (κ3) is 5.93. The van der Waals surface area contributed by atoms with Crippen molar-refractivity contribution in [1.82, 2.24) is 5.32 Å². The van der Waals surface area contributed by atoms with E-state index in [-0.39, 0.29) is 0 Å². The number of alkyl halides is 3. The molecular weight excluding hydrogens is 283 g/mol. The smallest absolute Gasteiger partial charge is 0.417 e. The van der Waals surface area contributed by atoms with Gasteiger partial charge in [0.05, 0.1) is 0 Å². The number of halogens is 3. The van der Waals surface area contributed by atoms with Crippen molar-refractivity contribution in [3.8, 4) is 5.75 Å². The van der Waals surface area contributed by atoms with Crippen LogP contribution < -0.4 is 10.1 Å². The molecule has 0 aliphatic carbocycles. The van der Waals surface area contributed by atoms with Gasteiger partial charge in [-0.15, -0.1) is 0 Å². The van der Waals surface area contributed by atoms with Gasteiger partial charge in [-0.1, -0.05) is 32.0 Å². The van der Waals surface area contributed by atoms with Gasteiger partial charge >= 0.3 is 6.18 Å². The summed E-state index contributed by atoms with van der Waals surface area (Å²) >= 11 is 0. The van der Waals surface area contributed by atoms with Crippen LogP contribution in [0.5, 0.6) is 5.75 Å². The van der Waals surface area contributed by atoms with Gasteiger partial charge in [0.15, 0.2) is 6.10 Å². The van der Waals surface area contributed by atoms with E-state index in [1.165, 1.54) is 0 Å². The first-order chi connectivity index (χ1) is 9.71. The predicted molar refractivity (Wildman–Crippen MR) is 75.3 cm³/mol. The summed E-state index contributed by atoms with van der Waals surface area (Å²) in [7, 11) is 0. The Kier molecular flexibility index (Phi) is 6.48. The molecule has 0 saturated heterocycles. The van der Waals surface area contributed by atoms with Crippen molar-refractivity contribution in [3.63, 3.8) is 0 Å². The Balaban J connectivity index is 2.71. The lowest BCUT2D eigenvalue weighted by Gasteiger charge is -2.19. The van der Waals surface area contributed by atoms with Crippen molar-refractivity contribution in [2.24, 2.45) is 5.92 Å². The van der Waals surface area contributed by atoms with Gasteiger partial charge in [0.25, 0.3) is 0 Å². The van der Waals surface area contributed by atoms with E-state index in [0.717, 1.165) is 17.7 Å². The van der Waals surface area contributed by atoms with Crippen LogP contribution in [0.2, 0.25) is 0 Å². The molecule has 0 spiro atoms. The van der Waals surface area contributed by atoms with Crippen LogP contribution in [0.1, 0.15) is 25.0 Å². The van der Waals surface area contributed by atoms with Crippen LogP contribution >= 0.6 is 0 Å². The second-order valence-corrected chi connectivity index (χ2v) is 5.46. The second kappa shape index (κ2) is 7.66. The molecule has 0 amide bonds. The maximum atomic E-state index is 12.3. The quantitative estimate of drug-likeness (QED) is 0.813. The maximum absolute atomic E-state index is 12.3. The number of aliphatic hydroxyl groups is 1. The molecule has 1 rings (SSSR count). The molecule has 120 valence electrons. The number of benzene rings is 1. The molecule has 0 radical (unpaired) electrons.